The van der Waals surface area contributed by atoms with Gasteiger partial charge in [-0.1, -0.05) is 13.8 Å². The van der Waals surface area contributed by atoms with Crippen molar-refractivity contribution in [3.05, 3.63) is 23.5 Å². The molecule has 1 aliphatic heterocycles. The molecule has 0 amide bonds. The first-order valence-corrected chi connectivity index (χ1v) is 8.17. The quantitative estimate of drug-likeness (QED) is 0.911. The van der Waals surface area contributed by atoms with Crippen LogP contribution in [0.2, 0.25) is 0 Å². The monoisotopic (exact) mass is 307 g/mol. The van der Waals surface area contributed by atoms with Crippen LogP contribution in [0.1, 0.15) is 19.5 Å². The Morgan fingerprint density at radius 3 is 2.71 bits per heavy atom. The van der Waals surface area contributed by atoms with Crippen LogP contribution in [0.15, 0.2) is 22.3 Å². The minimum absolute atomic E-state index is 0.451. The van der Waals surface area contributed by atoms with Crippen LogP contribution in [0.4, 0.5) is 11.1 Å². The van der Waals surface area contributed by atoms with Crippen molar-refractivity contribution >= 4 is 22.5 Å². The van der Waals surface area contributed by atoms with Crippen molar-refractivity contribution in [1.29, 1.82) is 0 Å². The number of anilines is 2. The Kier molecular flexibility index (Phi) is 4.40. The van der Waals surface area contributed by atoms with Gasteiger partial charge < -0.3 is 19.5 Å². The zero-order valence-electron chi connectivity index (χ0n) is 12.5. The lowest BCUT2D eigenvalue weighted by Gasteiger charge is -2.33. The third-order valence-electron chi connectivity index (χ3n) is 3.47. The molecule has 0 spiro atoms. The van der Waals surface area contributed by atoms with Gasteiger partial charge in [-0.15, -0.1) is 11.3 Å². The first kappa shape index (κ1) is 14.3. The van der Waals surface area contributed by atoms with E-state index in [1.807, 2.05) is 11.6 Å². The number of piperazine rings is 1. The molecule has 0 radical (unpaired) electrons. The van der Waals surface area contributed by atoms with Crippen LogP contribution in [-0.2, 0) is 6.54 Å². The van der Waals surface area contributed by atoms with E-state index in [4.69, 9.17) is 4.42 Å². The van der Waals surface area contributed by atoms with Crippen LogP contribution in [0.5, 0.6) is 0 Å². The summed E-state index contributed by atoms with van der Waals surface area (Å²) in [7, 11) is 0. The summed E-state index contributed by atoms with van der Waals surface area (Å²) < 4.78 is 5.61. The lowest BCUT2D eigenvalue weighted by atomic mass is 10.3. The zero-order chi connectivity index (χ0) is 14.7. The van der Waals surface area contributed by atoms with Gasteiger partial charge in [0.25, 0.3) is 6.01 Å². The average molecular weight is 307 g/mol. The number of hydrogen-bond donors (Lipinski definition) is 1. The predicted molar refractivity (Wildman–Crippen MR) is 85.0 cm³/mol. The van der Waals surface area contributed by atoms with Crippen LogP contribution in [0.25, 0.3) is 0 Å². The molecule has 0 unspecified atom stereocenters. The molecular formula is C14H21N5OS. The molecule has 1 saturated heterocycles. The van der Waals surface area contributed by atoms with Crippen molar-refractivity contribution in [2.75, 3.05) is 36.0 Å². The van der Waals surface area contributed by atoms with E-state index >= 15 is 0 Å². The molecule has 21 heavy (non-hydrogen) atoms. The standard InChI is InChI=1S/C14H21N5OS/c1-11(2)16-9-12-10-20-13(17-12)18-4-6-19(7-5-18)14-15-3-8-21-14/h3,8,10-11,16H,4-7,9H2,1-2H3. The number of aromatic nitrogens is 2. The maximum absolute atomic E-state index is 5.61. The topological polar surface area (TPSA) is 57.4 Å². The number of hydrogen-bond acceptors (Lipinski definition) is 7. The molecule has 2 aromatic rings. The van der Waals surface area contributed by atoms with Crippen LogP contribution in [0, 0.1) is 0 Å². The van der Waals surface area contributed by atoms with E-state index in [0.717, 1.165) is 49.6 Å². The largest absolute Gasteiger partial charge is 0.432 e. The lowest BCUT2D eigenvalue weighted by Crippen LogP contribution is -2.46. The number of rotatable bonds is 5. The summed E-state index contributed by atoms with van der Waals surface area (Å²) >= 11 is 1.69. The summed E-state index contributed by atoms with van der Waals surface area (Å²) in [6.07, 6.45) is 3.60. The molecule has 0 atom stereocenters. The number of nitrogens with one attached hydrogen (secondary N) is 1. The second-order valence-corrected chi connectivity index (χ2v) is 6.32. The second-order valence-electron chi connectivity index (χ2n) is 5.45. The van der Waals surface area contributed by atoms with E-state index in [-0.39, 0.29) is 0 Å². The molecule has 0 aliphatic carbocycles. The Morgan fingerprint density at radius 1 is 1.29 bits per heavy atom. The SMILES string of the molecule is CC(C)NCc1coc(N2CCN(c3nccs3)CC2)n1. The van der Waals surface area contributed by atoms with Gasteiger partial charge in [-0.25, -0.2) is 4.98 Å². The average Bonchev–Trinajstić information content (AvgIpc) is 3.17. The van der Waals surface area contributed by atoms with Gasteiger partial charge in [0, 0.05) is 50.3 Å². The number of thiazole rings is 1. The highest BCUT2D eigenvalue weighted by molar-refractivity contribution is 7.13. The van der Waals surface area contributed by atoms with Crippen LogP contribution >= 0.6 is 11.3 Å². The van der Waals surface area contributed by atoms with E-state index in [1.165, 1.54) is 0 Å². The van der Waals surface area contributed by atoms with Gasteiger partial charge in [-0.2, -0.15) is 4.98 Å². The fourth-order valence-electron chi connectivity index (χ4n) is 2.29. The van der Waals surface area contributed by atoms with Gasteiger partial charge in [0.15, 0.2) is 5.13 Å². The van der Waals surface area contributed by atoms with Crippen LogP contribution in [0.3, 0.4) is 0 Å². The summed E-state index contributed by atoms with van der Waals surface area (Å²) in [5, 5.41) is 6.47. The normalized spacial score (nSPS) is 16.0. The zero-order valence-corrected chi connectivity index (χ0v) is 13.3. The molecule has 7 heteroatoms. The Hall–Kier alpha value is -1.60. The first-order valence-electron chi connectivity index (χ1n) is 7.29. The summed E-state index contributed by atoms with van der Waals surface area (Å²) in [6.45, 7) is 8.73. The highest BCUT2D eigenvalue weighted by Crippen LogP contribution is 2.21. The Morgan fingerprint density at radius 2 is 2.05 bits per heavy atom. The van der Waals surface area contributed by atoms with Gasteiger partial charge in [0.1, 0.15) is 6.26 Å². The fourth-order valence-corrected chi connectivity index (χ4v) is 2.99. The van der Waals surface area contributed by atoms with Gasteiger partial charge in [-0.05, 0) is 0 Å². The maximum atomic E-state index is 5.61. The molecular weight excluding hydrogens is 286 g/mol. The molecule has 0 bridgehead atoms. The van der Waals surface area contributed by atoms with E-state index in [2.05, 4.69) is 38.9 Å². The van der Waals surface area contributed by atoms with Crippen molar-refractivity contribution < 1.29 is 4.42 Å². The third-order valence-corrected chi connectivity index (χ3v) is 4.30. The predicted octanol–water partition coefficient (Wildman–Crippen LogP) is 1.96. The van der Waals surface area contributed by atoms with Gasteiger partial charge in [0.2, 0.25) is 0 Å². The number of oxazole rings is 1. The molecule has 0 saturated carbocycles. The molecule has 114 valence electrons. The van der Waals surface area contributed by atoms with Crippen LogP contribution < -0.4 is 15.1 Å². The van der Waals surface area contributed by atoms with Gasteiger partial charge >= 0.3 is 0 Å². The highest BCUT2D eigenvalue weighted by atomic mass is 32.1. The summed E-state index contributed by atoms with van der Waals surface area (Å²) in [6, 6.07) is 1.18. The van der Waals surface area contributed by atoms with E-state index < -0.39 is 0 Å². The van der Waals surface area contributed by atoms with E-state index in [9.17, 15) is 0 Å². The third kappa shape index (κ3) is 3.54. The lowest BCUT2D eigenvalue weighted by molar-refractivity contribution is 0.514. The highest BCUT2D eigenvalue weighted by Gasteiger charge is 2.21. The Labute approximate surface area is 128 Å². The van der Waals surface area contributed by atoms with E-state index in [1.54, 1.807) is 17.6 Å². The molecule has 2 aromatic heterocycles. The number of nitrogens with zero attached hydrogens (tertiary/aromatic N) is 4. The van der Waals surface area contributed by atoms with Crippen molar-refractivity contribution in [3.8, 4) is 0 Å². The van der Waals surface area contributed by atoms with E-state index in [0.29, 0.717) is 6.04 Å². The second kappa shape index (κ2) is 6.44. The summed E-state index contributed by atoms with van der Waals surface area (Å²) in [5.41, 5.74) is 0.959. The molecule has 1 aliphatic rings. The summed E-state index contributed by atoms with van der Waals surface area (Å²) in [5.74, 6) is 0. The van der Waals surface area contributed by atoms with Crippen molar-refractivity contribution in [3.63, 3.8) is 0 Å². The van der Waals surface area contributed by atoms with Crippen molar-refractivity contribution in [1.82, 2.24) is 15.3 Å². The minimum Gasteiger partial charge on any atom is -0.432 e. The Balaban J connectivity index is 1.54. The van der Waals surface area contributed by atoms with Crippen LogP contribution in [-0.4, -0.2) is 42.2 Å². The van der Waals surface area contributed by atoms with Gasteiger partial charge in [0.05, 0.1) is 5.69 Å². The summed E-state index contributed by atoms with van der Waals surface area (Å²) in [4.78, 5) is 13.4. The molecule has 3 heterocycles. The van der Waals surface area contributed by atoms with Crippen molar-refractivity contribution in [2.45, 2.75) is 26.4 Å². The maximum Gasteiger partial charge on any atom is 0.297 e. The molecule has 1 fully saturated rings. The molecule has 1 N–H and O–H groups in total. The molecule has 6 nitrogen and oxygen atoms in total. The molecule has 0 aromatic carbocycles. The first-order chi connectivity index (χ1) is 10.2. The Bertz CT molecular complexity index is 545. The fraction of sp³-hybridized carbons (Fsp3) is 0.571. The van der Waals surface area contributed by atoms with Crippen molar-refractivity contribution in [2.24, 2.45) is 0 Å². The minimum atomic E-state index is 0.451. The van der Waals surface area contributed by atoms with Gasteiger partial charge in [-0.3, -0.25) is 0 Å². The smallest absolute Gasteiger partial charge is 0.297 e. The molecule has 3 rings (SSSR count).